The van der Waals surface area contributed by atoms with Gasteiger partial charge in [0.15, 0.2) is 10.9 Å². The maximum Gasteiger partial charge on any atom is 0.243 e. The first kappa shape index (κ1) is 33.9. The number of carbonyl (C=O) groups excluding carboxylic acids is 2. The average molecular weight is 685 g/mol. The summed E-state index contributed by atoms with van der Waals surface area (Å²) in [6.45, 7) is 0.719. The molecule has 0 aliphatic heterocycles. The van der Waals surface area contributed by atoms with E-state index in [0.717, 1.165) is 47.9 Å². The molecule has 250 valence electrons. The van der Waals surface area contributed by atoms with Crippen molar-refractivity contribution in [1.82, 2.24) is 51.6 Å². The van der Waals surface area contributed by atoms with Crippen molar-refractivity contribution in [2.75, 3.05) is 6.54 Å². The number of hydrogen-bond donors (Lipinski definition) is 7. The van der Waals surface area contributed by atoms with E-state index in [9.17, 15) is 22.4 Å². The van der Waals surface area contributed by atoms with E-state index in [-0.39, 0.29) is 36.2 Å². The summed E-state index contributed by atoms with van der Waals surface area (Å²) in [5.74, 6) is -1.29. The first-order valence-corrected chi connectivity index (χ1v) is 17.2. The topological polar surface area (TPSA) is 199 Å². The molecule has 47 heavy (non-hydrogen) atoms. The second-order valence-corrected chi connectivity index (χ2v) is 13.4. The summed E-state index contributed by atoms with van der Waals surface area (Å²) < 4.78 is 42.9. The zero-order valence-corrected chi connectivity index (χ0v) is 27.1. The molecule has 0 spiro atoms. The number of sulfonamides is 1. The molecule has 2 aromatic heterocycles. The summed E-state index contributed by atoms with van der Waals surface area (Å²) in [4.78, 5) is 30.1. The molecular formula is C30H37FN10O4S2. The smallest absolute Gasteiger partial charge is 0.243 e. The Hall–Kier alpha value is -4.48. The van der Waals surface area contributed by atoms with Crippen molar-refractivity contribution in [3.63, 3.8) is 0 Å². The van der Waals surface area contributed by atoms with E-state index in [1.807, 2.05) is 24.3 Å². The monoisotopic (exact) mass is 684 g/mol. The fourth-order valence-electron chi connectivity index (χ4n) is 5.14. The third kappa shape index (κ3) is 9.52. The standard InChI is InChI=1S/C30H37FN10O4S2/c31-20-7-5-10-22(16-20)47(44,45)39-25(13-3-4-14-32-30(46)34-18-27-37-40-41-38-27)28(42)36-26(29(43)35-21-8-6-9-21)15-19-17-33-24-12-2-1-11-23(19)24/h1-2,5,7,10-12,16-17,21,25-26,33,39H,3-4,6,8-9,13-15,18H2,(H,35,43)(H,36,42)(H2,32,34,46)(H,37,38,40,41)/t25-,26-/m0/s1. The zero-order valence-electron chi connectivity index (χ0n) is 25.5. The Kier molecular flexibility index (Phi) is 11.4. The lowest BCUT2D eigenvalue weighted by molar-refractivity contribution is -0.130. The van der Waals surface area contributed by atoms with Gasteiger partial charge in [-0.25, -0.2) is 12.8 Å². The Labute approximate surface area is 276 Å². The van der Waals surface area contributed by atoms with Gasteiger partial charge in [-0.2, -0.15) is 9.94 Å². The lowest BCUT2D eigenvalue weighted by Crippen LogP contribution is -2.56. The highest BCUT2D eigenvalue weighted by Gasteiger charge is 2.31. The Balaban J connectivity index is 1.26. The van der Waals surface area contributed by atoms with Crippen LogP contribution in [-0.4, -0.2) is 75.6 Å². The first-order chi connectivity index (χ1) is 22.7. The summed E-state index contributed by atoms with van der Waals surface area (Å²) in [5, 5.41) is 26.6. The number of thiocarbonyl (C=S) groups is 1. The number of fused-ring (bicyclic) bond motifs is 1. The Morgan fingerprint density at radius 3 is 2.62 bits per heavy atom. The molecule has 0 radical (unpaired) electrons. The van der Waals surface area contributed by atoms with Crippen LogP contribution in [0, 0.1) is 5.82 Å². The van der Waals surface area contributed by atoms with Gasteiger partial charge in [0.05, 0.1) is 11.4 Å². The number of para-hydroxylation sites is 1. The molecule has 1 fully saturated rings. The van der Waals surface area contributed by atoms with Crippen molar-refractivity contribution < 1.29 is 22.4 Å². The fourth-order valence-corrected chi connectivity index (χ4v) is 6.58. The van der Waals surface area contributed by atoms with Gasteiger partial charge in [-0.05, 0) is 80.6 Å². The van der Waals surface area contributed by atoms with Crippen LogP contribution in [0.4, 0.5) is 4.39 Å². The Morgan fingerprint density at radius 2 is 1.87 bits per heavy atom. The lowest BCUT2D eigenvalue weighted by Gasteiger charge is -2.29. The number of tetrazole rings is 1. The maximum atomic E-state index is 13.9. The van der Waals surface area contributed by atoms with Gasteiger partial charge in [0.2, 0.25) is 21.8 Å². The van der Waals surface area contributed by atoms with Gasteiger partial charge in [0.1, 0.15) is 17.9 Å². The minimum Gasteiger partial charge on any atom is -0.363 e. The lowest BCUT2D eigenvalue weighted by atomic mass is 9.92. The molecule has 4 aromatic rings. The third-order valence-corrected chi connectivity index (χ3v) is 9.66. The number of amides is 2. The number of halogens is 1. The average Bonchev–Trinajstić information content (AvgIpc) is 3.71. The highest BCUT2D eigenvalue weighted by atomic mass is 32.2. The number of hydrogen-bond acceptors (Lipinski definition) is 8. The predicted molar refractivity (Wildman–Crippen MR) is 176 cm³/mol. The van der Waals surface area contributed by atoms with Crippen LogP contribution in [0.5, 0.6) is 0 Å². The molecule has 0 unspecified atom stereocenters. The molecule has 0 bridgehead atoms. The molecule has 2 aromatic carbocycles. The van der Waals surface area contributed by atoms with Crippen LogP contribution in [-0.2, 0) is 32.6 Å². The Bertz CT molecular complexity index is 1780. The predicted octanol–water partition coefficient (Wildman–Crippen LogP) is 1.70. The molecule has 2 amide bonds. The highest BCUT2D eigenvalue weighted by Crippen LogP contribution is 2.21. The van der Waals surface area contributed by atoms with E-state index >= 15 is 0 Å². The van der Waals surface area contributed by atoms with Gasteiger partial charge in [0, 0.05) is 36.1 Å². The van der Waals surface area contributed by atoms with Gasteiger partial charge >= 0.3 is 0 Å². The normalized spacial score (nSPS) is 14.6. The number of rotatable bonds is 16. The number of carbonyl (C=O) groups is 2. The maximum absolute atomic E-state index is 13.9. The number of nitrogens with one attached hydrogen (secondary N) is 7. The molecule has 14 nitrogen and oxygen atoms in total. The van der Waals surface area contributed by atoms with Crippen LogP contribution in [0.15, 0.2) is 59.6 Å². The molecule has 2 atom stereocenters. The molecule has 5 rings (SSSR count). The summed E-state index contributed by atoms with van der Waals surface area (Å²) in [6, 6.07) is 10.0. The van der Waals surface area contributed by atoms with Gasteiger partial charge < -0.3 is 26.3 Å². The number of aromatic amines is 2. The number of unbranched alkanes of at least 4 members (excludes halogenated alkanes) is 1. The van der Waals surface area contributed by atoms with Gasteiger partial charge in [-0.3, -0.25) is 9.59 Å². The van der Waals surface area contributed by atoms with Crippen molar-refractivity contribution in [2.45, 2.75) is 74.5 Å². The number of benzene rings is 2. The summed E-state index contributed by atoms with van der Waals surface area (Å²) in [6.07, 6.45) is 5.80. The first-order valence-electron chi connectivity index (χ1n) is 15.4. The van der Waals surface area contributed by atoms with E-state index in [1.165, 1.54) is 12.1 Å². The number of nitrogens with zero attached hydrogens (tertiary/aromatic N) is 3. The van der Waals surface area contributed by atoms with Crippen LogP contribution in [0.2, 0.25) is 0 Å². The molecular weight excluding hydrogens is 648 g/mol. The van der Waals surface area contributed by atoms with Crippen LogP contribution in [0.25, 0.3) is 10.9 Å². The molecule has 7 N–H and O–H groups in total. The van der Waals surface area contributed by atoms with Crippen LogP contribution in [0.1, 0.15) is 49.9 Å². The quantitative estimate of drug-likeness (QED) is 0.0674. The van der Waals surface area contributed by atoms with Crippen LogP contribution >= 0.6 is 12.2 Å². The van der Waals surface area contributed by atoms with E-state index in [2.05, 4.69) is 51.6 Å². The van der Waals surface area contributed by atoms with Gasteiger partial charge in [0.25, 0.3) is 0 Å². The number of aromatic nitrogens is 5. The van der Waals surface area contributed by atoms with Crippen LogP contribution < -0.4 is 26.0 Å². The zero-order chi connectivity index (χ0) is 33.2. The highest BCUT2D eigenvalue weighted by molar-refractivity contribution is 7.89. The summed E-state index contributed by atoms with van der Waals surface area (Å²) in [5.41, 5.74) is 1.73. The van der Waals surface area contributed by atoms with Crippen molar-refractivity contribution in [1.29, 1.82) is 0 Å². The van der Waals surface area contributed by atoms with Crippen molar-refractivity contribution in [3.05, 3.63) is 71.9 Å². The minimum atomic E-state index is -4.28. The molecule has 2 heterocycles. The number of H-pyrrole nitrogens is 2. The second kappa shape index (κ2) is 15.9. The van der Waals surface area contributed by atoms with E-state index in [0.29, 0.717) is 30.3 Å². The third-order valence-electron chi connectivity index (χ3n) is 7.91. The summed E-state index contributed by atoms with van der Waals surface area (Å²) >= 11 is 5.26. The van der Waals surface area contributed by atoms with Gasteiger partial charge in [-0.1, -0.05) is 29.5 Å². The van der Waals surface area contributed by atoms with E-state index < -0.39 is 33.8 Å². The molecule has 1 aliphatic carbocycles. The largest absolute Gasteiger partial charge is 0.363 e. The molecule has 1 aliphatic rings. The van der Waals surface area contributed by atoms with Crippen molar-refractivity contribution >= 4 is 50.1 Å². The van der Waals surface area contributed by atoms with Crippen LogP contribution in [0.3, 0.4) is 0 Å². The SMILES string of the molecule is O=C(NC1CCC1)[C@H](Cc1c[nH]c2ccccc12)NC(=O)[C@H](CCCCNC(=S)NCc1nn[nH]n1)NS(=O)(=O)c1cccc(F)c1. The van der Waals surface area contributed by atoms with Crippen molar-refractivity contribution in [3.8, 4) is 0 Å². The second-order valence-electron chi connectivity index (χ2n) is 11.3. The summed E-state index contributed by atoms with van der Waals surface area (Å²) in [7, 11) is -4.28. The molecule has 1 saturated carbocycles. The van der Waals surface area contributed by atoms with E-state index in [4.69, 9.17) is 12.2 Å². The fraction of sp³-hybridized carbons (Fsp3) is 0.400. The minimum absolute atomic E-state index is 0.0347. The molecule has 0 saturated heterocycles. The van der Waals surface area contributed by atoms with Gasteiger partial charge in [-0.15, -0.1) is 10.2 Å². The molecule has 17 heteroatoms. The van der Waals surface area contributed by atoms with Crippen molar-refractivity contribution in [2.24, 2.45) is 0 Å². The Morgan fingerprint density at radius 1 is 1.04 bits per heavy atom. The van der Waals surface area contributed by atoms with E-state index in [1.54, 1.807) is 6.20 Å².